The quantitative estimate of drug-likeness (QED) is 0.498. The highest BCUT2D eigenvalue weighted by molar-refractivity contribution is 6.03. The number of carbonyl (C=O) groups is 4. The van der Waals surface area contributed by atoms with Gasteiger partial charge < -0.3 is 25.0 Å². The first-order valence-electron chi connectivity index (χ1n) is 10.7. The smallest absolute Gasteiger partial charge is 0.407 e. The Morgan fingerprint density at radius 2 is 1.77 bits per heavy atom. The number of esters is 1. The van der Waals surface area contributed by atoms with Crippen molar-refractivity contribution in [2.45, 2.75) is 32.9 Å². The van der Waals surface area contributed by atoms with E-state index in [-0.39, 0.29) is 25.5 Å². The molecule has 1 aromatic heterocycles. The van der Waals surface area contributed by atoms with Gasteiger partial charge in [0.05, 0.1) is 7.11 Å². The number of methoxy groups -OCH3 is 1. The third-order valence-electron chi connectivity index (χ3n) is 4.41. The second-order valence-electron chi connectivity index (χ2n) is 8.36. The molecule has 3 amide bonds. The SMILES string of the molecule is COC(=O)CN(CCNC(=O)OC(C)(C)C)C(=O)Cn1ccc(NC(=O)c2ccccc2)nc1=O. The van der Waals surface area contributed by atoms with Crippen molar-refractivity contribution >= 4 is 29.7 Å². The van der Waals surface area contributed by atoms with Crippen molar-refractivity contribution in [1.82, 2.24) is 19.8 Å². The number of anilines is 1. The molecule has 0 unspecified atom stereocenters. The molecular formula is C23H29N5O7. The van der Waals surface area contributed by atoms with Crippen molar-refractivity contribution in [3.63, 3.8) is 0 Å². The third kappa shape index (κ3) is 9.27. The summed E-state index contributed by atoms with van der Waals surface area (Å²) in [7, 11) is 1.18. The fraction of sp³-hybridized carbons (Fsp3) is 0.391. The van der Waals surface area contributed by atoms with Gasteiger partial charge in [0.25, 0.3) is 5.91 Å². The summed E-state index contributed by atoms with van der Waals surface area (Å²) >= 11 is 0. The number of alkyl carbamates (subject to hydrolysis) is 1. The molecule has 0 fully saturated rings. The molecule has 0 aliphatic rings. The molecule has 2 N–H and O–H groups in total. The molecule has 0 bridgehead atoms. The summed E-state index contributed by atoms with van der Waals surface area (Å²) in [6.07, 6.45) is 0.639. The van der Waals surface area contributed by atoms with E-state index in [2.05, 4.69) is 20.4 Å². The van der Waals surface area contributed by atoms with Crippen molar-refractivity contribution in [2.24, 2.45) is 0 Å². The maximum Gasteiger partial charge on any atom is 0.407 e. The van der Waals surface area contributed by atoms with Gasteiger partial charge in [0, 0.05) is 24.8 Å². The van der Waals surface area contributed by atoms with Crippen LogP contribution in [0.25, 0.3) is 0 Å². The minimum absolute atomic E-state index is 0.00918. The Morgan fingerprint density at radius 3 is 2.37 bits per heavy atom. The Balaban J connectivity index is 2.02. The number of nitrogens with zero attached hydrogens (tertiary/aromatic N) is 3. The molecule has 0 spiro atoms. The second kappa shape index (κ2) is 12.3. The average molecular weight is 488 g/mol. The van der Waals surface area contributed by atoms with E-state index < -0.39 is 41.7 Å². The van der Waals surface area contributed by atoms with Gasteiger partial charge in [-0.3, -0.25) is 19.0 Å². The number of hydrogen-bond donors (Lipinski definition) is 2. The zero-order valence-corrected chi connectivity index (χ0v) is 20.1. The Hall–Kier alpha value is -4.22. The number of nitrogens with one attached hydrogen (secondary N) is 2. The second-order valence-corrected chi connectivity index (χ2v) is 8.36. The van der Waals surface area contributed by atoms with E-state index in [4.69, 9.17) is 4.74 Å². The normalized spacial score (nSPS) is 10.7. The van der Waals surface area contributed by atoms with Gasteiger partial charge in [-0.15, -0.1) is 0 Å². The van der Waals surface area contributed by atoms with Gasteiger partial charge in [0.1, 0.15) is 24.5 Å². The lowest BCUT2D eigenvalue weighted by Crippen LogP contribution is -2.44. The first kappa shape index (κ1) is 27.0. The van der Waals surface area contributed by atoms with Crippen LogP contribution in [-0.2, 0) is 25.6 Å². The Kier molecular flexibility index (Phi) is 9.50. The van der Waals surface area contributed by atoms with Crippen molar-refractivity contribution < 1.29 is 28.7 Å². The van der Waals surface area contributed by atoms with Gasteiger partial charge in [0.2, 0.25) is 5.91 Å². The molecule has 12 heteroatoms. The largest absolute Gasteiger partial charge is 0.468 e. The van der Waals surface area contributed by atoms with Crippen molar-refractivity contribution in [1.29, 1.82) is 0 Å². The number of carbonyl (C=O) groups excluding carboxylic acids is 4. The molecule has 2 aromatic rings. The van der Waals surface area contributed by atoms with Crippen LogP contribution in [0.5, 0.6) is 0 Å². The van der Waals surface area contributed by atoms with Gasteiger partial charge in [-0.05, 0) is 39.0 Å². The lowest BCUT2D eigenvalue weighted by Gasteiger charge is -2.23. The van der Waals surface area contributed by atoms with Crippen LogP contribution in [0.3, 0.4) is 0 Å². The van der Waals surface area contributed by atoms with Gasteiger partial charge in [-0.25, -0.2) is 9.59 Å². The zero-order chi connectivity index (χ0) is 26.0. The summed E-state index contributed by atoms with van der Waals surface area (Å²) in [5.41, 5.74) is -1.06. The van der Waals surface area contributed by atoms with Crippen LogP contribution in [0.2, 0.25) is 0 Å². The van der Waals surface area contributed by atoms with Crippen molar-refractivity contribution in [3.05, 3.63) is 58.6 Å². The van der Waals surface area contributed by atoms with Gasteiger partial charge in [-0.2, -0.15) is 4.98 Å². The van der Waals surface area contributed by atoms with E-state index in [9.17, 15) is 24.0 Å². The number of hydrogen-bond acceptors (Lipinski definition) is 8. The van der Waals surface area contributed by atoms with Gasteiger partial charge in [-0.1, -0.05) is 18.2 Å². The van der Waals surface area contributed by atoms with Crippen LogP contribution in [0.1, 0.15) is 31.1 Å². The molecule has 0 atom stereocenters. The summed E-state index contributed by atoms with van der Waals surface area (Å²) < 4.78 is 10.8. The molecular weight excluding hydrogens is 458 g/mol. The topological polar surface area (TPSA) is 149 Å². The molecule has 0 saturated heterocycles. The summed E-state index contributed by atoms with van der Waals surface area (Å²) in [6.45, 7) is 4.33. The lowest BCUT2D eigenvalue weighted by atomic mass is 10.2. The number of rotatable bonds is 9. The average Bonchev–Trinajstić information content (AvgIpc) is 2.79. The maximum absolute atomic E-state index is 12.8. The van der Waals surface area contributed by atoms with E-state index in [1.807, 2.05) is 0 Å². The molecule has 1 heterocycles. The first-order valence-corrected chi connectivity index (χ1v) is 10.7. The van der Waals surface area contributed by atoms with E-state index in [0.29, 0.717) is 5.56 Å². The number of aromatic nitrogens is 2. The van der Waals surface area contributed by atoms with Crippen LogP contribution in [-0.4, -0.2) is 70.7 Å². The lowest BCUT2D eigenvalue weighted by molar-refractivity contribution is -0.147. The molecule has 35 heavy (non-hydrogen) atoms. The minimum atomic E-state index is -0.769. The Morgan fingerprint density at radius 1 is 1.09 bits per heavy atom. The van der Waals surface area contributed by atoms with Crippen LogP contribution < -0.4 is 16.3 Å². The van der Waals surface area contributed by atoms with Gasteiger partial charge in [0.15, 0.2) is 0 Å². The highest BCUT2D eigenvalue weighted by Gasteiger charge is 2.20. The number of ether oxygens (including phenoxy) is 2. The van der Waals surface area contributed by atoms with E-state index in [1.165, 1.54) is 19.4 Å². The van der Waals surface area contributed by atoms with Gasteiger partial charge >= 0.3 is 17.8 Å². The summed E-state index contributed by atoms with van der Waals surface area (Å²) in [5, 5.41) is 5.02. The molecule has 12 nitrogen and oxygen atoms in total. The van der Waals surface area contributed by atoms with Crippen molar-refractivity contribution in [2.75, 3.05) is 32.1 Å². The van der Waals surface area contributed by atoms with Crippen LogP contribution in [0, 0.1) is 0 Å². The Bertz CT molecular complexity index is 1110. The fourth-order valence-electron chi connectivity index (χ4n) is 2.76. The highest BCUT2D eigenvalue weighted by Crippen LogP contribution is 2.07. The minimum Gasteiger partial charge on any atom is -0.468 e. The summed E-state index contributed by atoms with van der Waals surface area (Å²) in [4.78, 5) is 65.9. The predicted molar refractivity (Wildman–Crippen MR) is 126 cm³/mol. The van der Waals surface area contributed by atoms with Crippen LogP contribution >= 0.6 is 0 Å². The molecule has 188 valence electrons. The number of amides is 3. The van der Waals surface area contributed by atoms with Crippen LogP contribution in [0.15, 0.2) is 47.4 Å². The van der Waals surface area contributed by atoms with Crippen LogP contribution in [0.4, 0.5) is 10.6 Å². The predicted octanol–water partition coefficient (Wildman–Crippen LogP) is 1.02. The van der Waals surface area contributed by atoms with Crippen molar-refractivity contribution in [3.8, 4) is 0 Å². The van der Waals surface area contributed by atoms with E-state index >= 15 is 0 Å². The summed E-state index contributed by atoms with van der Waals surface area (Å²) in [6, 6.07) is 9.78. The Labute approximate surface area is 202 Å². The molecule has 1 aromatic carbocycles. The fourth-order valence-corrected chi connectivity index (χ4v) is 2.76. The molecule has 0 saturated carbocycles. The molecule has 0 radical (unpaired) electrons. The van der Waals surface area contributed by atoms with E-state index in [1.54, 1.807) is 51.1 Å². The maximum atomic E-state index is 12.8. The highest BCUT2D eigenvalue weighted by atomic mass is 16.6. The monoisotopic (exact) mass is 487 g/mol. The van der Waals surface area contributed by atoms with E-state index in [0.717, 1.165) is 9.47 Å². The first-order chi connectivity index (χ1) is 16.5. The third-order valence-corrected chi connectivity index (χ3v) is 4.41. The molecule has 2 rings (SSSR count). The zero-order valence-electron chi connectivity index (χ0n) is 20.1. The molecule has 0 aliphatic heterocycles. The summed E-state index contributed by atoms with van der Waals surface area (Å²) in [5.74, 6) is -1.65. The number of benzene rings is 1. The molecule has 0 aliphatic carbocycles. The standard InChI is InChI=1S/C23H29N5O7/c1-23(2,3)35-22(33)24-11-13-27(15-19(30)34-4)18(29)14-28-12-10-17(26-21(28)32)25-20(31)16-8-6-5-7-9-16/h5-10,12H,11,13-15H2,1-4H3,(H,24,33)(H,25,26,31,32).